The predicted molar refractivity (Wildman–Crippen MR) is 109 cm³/mol. The molecule has 2 aromatic heterocycles. The number of carbonyl (C=O) groups is 1. The Morgan fingerprint density at radius 2 is 2.00 bits per heavy atom. The highest BCUT2D eigenvalue weighted by Crippen LogP contribution is 2.30. The molecule has 0 unspecified atom stereocenters. The number of nitrogens with zero attached hydrogens (tertiary/aromatic N) is 3. The Labute approximate surface area is 170 Å². The number of para-hydroxylation sites is 1. The fourth-order valence-electron chi connectivity index (χ4n) is 2.81. The van der Waals surface area contributed by atoms with E-state index in [4.69, 9.17) is 21.1 Å². The van der Waals surface area contributed by atoms with Gasteiger partial charge in [0, 0.05) is 11.6 Å². The summed E-state index contributed by atoms with van der Waals surface area (Å²) in [7, 11) is 1.57. The summed E-state index contributed by atoms with van der Waals surface area (Å²) in [5.74, 6) is 1.32. The Bertz CT molecular complexity index is 1180. The zero-order valence-corrected chi connectivity index (χ0v) is 16.1. The molecule has 0 aliphatic rings. The lowest BCUT2D eigenvalue weighted by atomic mass is 10.2. The SMILES string of the molecule is COc1ccccc1-c1nc(NC(=O)COc2ccc(Cl)c3cccnc23)n[nH]1. The molecule has 2 heterocycles. The summed E-state index contributed by atoms with van der Waals surface area (Å²) in [6.07, 6.45) is 1.64. The number of benzene rings is 2. The Morgan fingerprint density at radius 1 is 1.14 bits per heavy atom. The summed E-state index contributed by atoms with van der Waals surface area (Å²) >= 11 is 6.17. The van der Waals surface area contributed by atoms with Gasteiger partial charge in [0.15, 0.2) is 12.4 Å². The molecule has 0 spiro atoms. The van der Waals surface area contributed by atoms with Gasteiger partial charge < -0.3 is 9.47 Å². The van der Waals surface area contributed by atoms with Crippen molar-refractivity contribution in [3.63, 3.8) is 0 Å². The number of fused-ring (bicyclic) bond motifs is 1. The van der Waals surface area contributed by atoms with Crippen LogP contribution in [0.1, 0.15) is 0 Å². The van der Waals surface area contributed by atoms with Crippen molar-refractivity contribution < 1.29 is 14.3 Å². The number of pyridine rings is 1. The van der Waals surface area contributed by atoms with Gasteiger partial charge in [-0.1, -0.05) is 23.7 Å². The van der Waals surface area contributed by atoms with E-state index in [0.717, 1.165) is 10.9 Å². The molecule has 0 radical (unpaired) electrons. The highest BCUT2D eigenvalue weighted by atomic mass is 35.5. The number of aromatic amines is 1. The van der Waals surface area contributed by atoms with Gasteiger partial charge in [0.25, 0.3) is 5.91 Å². The summed E-state index contributed by atoms with van der Waals surface area (Å²) in [5.41, 5.74) is 1.32. The van der Waals surface area contributed by atoms with Crippen molar-refractivity contribution >= 4 is 34.4 Å². The molecule has 4 aromatic rings. The molecule has 29 heavy (non-hydrogen) atoms. The van der Waals surface area contributed by atoms with Crippen LogP contribution in [0.2, 0.25) is 5.02 Å². The third-order valence-electron chi connectivity index (χ3n) is 4.14. The number of halogens is 1. The largest absolute Gasteiger partial charge is 0.496 e. The van der Waals surface area contributed by atoms with Crippen LogP contribution in [0.4, 0.5) is 5.95 Å². The zero-order valence-electron chi connectivity index (χ0n) is 15.3. The van der Waals surface area contributed by atoms with Crippen molar-refractivity contribution in [3.8, 4) is 22.9 Å². The van der Waals surface area contributed by atoms with Crippen molar-refractivity contribution in [2.45, 2.75) is 0 Å². The molecule has 0 aliphatic carbocycles. The molecule has 0 fully saturated rings. The number of anilines is 1. The van der Waals surface area contributed by atoms with Crippen LogP contribution in [0.15, 0.2) is 54.7 Å². The number of H-pyrrole nitrogens is 1. The summed E-state index contributed by atoms with van der Waals surface area (Å²) in [4.78, 5) is 20.8. The van der Waals surface area contributed by atoms with Gasteiger partial charge >= 0.3 is 0 Å². The number of carbonyl (C=O) groups excluding carboxylic acids is 1. The van der Waals surface area contributed by atoms with Gasteiger partial charge in [-0.2, -0.15) is 4.98 Å². The number of amides is 1. The Kier molecular flexibility index (Phi) is 5.26. The first kappa shape index (κ1) is 18.7. The zero-order chi connectivity index (χ0) is 20.2. The van der Waals surface area contributed by atoms with E-state index >= 15 is 0 Å². The van der Waals surface area contributed by atoms with E-state index in [0.29, 0.717) is 27.9 Å². The van der Waals surface area contributed by atoms with Crippen LogP contribution in [-0.4, -0.2) is 39.8 Å². The normalized spacial score (nSPS) is 10.7. The van der Waals surface area contributed by atoms with E-state index in [-0.39, 0.29) is 12.6 Å². The summed E-state index contributed by atoms with van der Waals surface area (Å²) in [6, 6.07) is 14.4. The van der Waals surface area contributed by atoms with Crippen molar-refractivity contribution in [2.24, 2.45) is 0 Å². The molecular weight excluding hydrogens is 394 g/mol. The Morgan fingerprint density at radius 3 is 2.86 bits per heavy atom. The third-order valence-corrected chi connectivity index (χ3v) is 4.47. The minimum absolute atomic E-state index is 0.138. The molecule has 0 bridgehead atoms. The van der Waals surface area contributed by atoms with Crippen molar-refractivity contribution in [1.82, 2.24) is 20.2 Å². The first-order chi connectivity index (χ1) is 14.2. The van der Waals surface area contributed by atoms with Gasteiger partial charge in [-0.15, -0.1) is 5.10 Å². The standard InChI is InChI=1S/C20H16ClN5O3/c1-28-15-7-3-2-5-13(15)19-24-20(26-25-19)23-17(27)11-29-16-9-8-14(21)12-6-4-10-22-18(12)16/h2-10H,11H2,1H3,(H2,23,24,25,26,27). The molecule has 146 valence electrons. The minimum Gasteiger partial charge on any atom is -0.496 e. The highest BCUT2D eigenvalue weighted by molar-refractivity contribution is 6.35. The van der Waals surface area contributed by atoms with Gasteiger partial charge in [-0.3, -0.25) is 20.2 Å². The van der Waals surface area contributed by atoms with Crippen molar-refractivity contribution in [1.29, 1.82) is 0 Å². The number of ether oxygens (including phenoxy) is 2. The van der Waals surface area contributed by atoms with Crippen LogP contribution in [-0.2, 0) is 4.79 Å². The number of nitrogens with one attached hydrogen (secondary N) is 2. The van der Waals surface area contributed by atoms with Gasteiger partial charge in [-0.25, -0.2) is 0 Å². The van der Waals surface area contributed by atoms with Gasteiger partial charge in [0.1, 0.15) is 17.0 Å². The molecule has 2 aromatic carbocycles. The Hall–Kier alpha value is -3.65. The molecule has 1 amide bonds. The van der Waals surface area contributed by atoms with Crippen LogP contribution in [0.3, 0.4) is 0 Å². The van der Waals surface area contributed by atoms with Crippen LogP contribution < -0.4 is 14.8 Å². The molecule has 8 nitrogen and oxygen atoms in total. The van der Waals surface area contributed by atoms with E-state index in [2.05, 4.69) is 25.5 Å². The molecular formula is C20H16ClN5O3. The molecule has 2 N–H and O–H groups in total. The van der Waals surface area contributed by atoms with E-state index < -0.39 is 5.91 Å². The van der Waals surface area contributed by atoms with Gasteiger partial charge in [0.2, 0.25) is 5.95 Å². The minimum atomic E-state index is -0.408. The summed E-state index contributed by atoms with van der Waals surface area (Å²) < 4.78 is 10.9. The number of rotatable bonds is 6. The Balaban J connectivity index is 1.44. The van der Waals surface area contributed by atoms with E-state index in [1.165, 1.54) is 0 Å². The average molecular weight is 410 g/mol. The second kappa shape index (κ2) is 8.15. The number of hydrogen-bond donors (Lipinski definition) is 2. The van der Waals surface area contributed by atoms with Crippen molar-refractivity contribution in [3.05, 3.63) is 59.8 Å². The predicted octanol–water partition coefficient (Wildman–Crippen LogP) is 3.70. The van der Waals surface area contributed by atoms with Crippen molar-refractivity contribution in [2.75, 3.05) is 19.0 Å². The van der Waals surface area contributed by atoms with Crippen LogP contribution in [0.5, 0.6) is 11.5 Å². The second-order valence-electron chi connectivity index (χ2n) is 5.99. The van der Waals surface area contributed by atoms with Crippen LogP contribution in [0.25, 0.3) is 22.3 Å². The third kappa shape index (κ3) is 3.97. The lowest BCUT2D eigenvalue weighted by molar-refractivity contribution is -0.118. The molecule has 9 heteroatoms. The van der Waals surface area contributed by atoms with E-state index in [1.807, 2.05) is 30.3 Å². The smallest absolute Gasteiger partial charge is 0.264 e. The first-order valence-electron chi connectivity index (χ1n) is 8.67. The molecule has 0 saturated carbocycles. The lowest BCUT2D eigenvalue weighted by Crippen LogP contribution is -2.21. The van der Waals surface area contributed by atoms with Gasteiger partial charge in [0.05, 0.1) is 17.7 Å². The fraction of sp³-hybridized carbons (Fsp3) is 0.100. The topological polar surface area (TPSA) is 102 Å². The average Bonchev–Trinajstić information content (AvgIpc) is 3.21. The molecule has 0 aliphatic heterocycles. The maximum absolute atomic E-state index is 12.3. The number of aromatic nitrogens is 4. The monoisotopic (exact) mass is 409 g/mol. The quantitative estimate of drug-likeness (QED) is 0.503. The van der Waals surface area contributed by atoms with Crippen LogP contribution >= 0.6 is 11.6 Å². The second-order valence-corrected chi connectivity index (χ2v) is 6.40. The highest BCUT2D eigenvalue weighted by Gasteiger charge is 2.13. The van der Waals surface area contributed by atoms with Crippen LogP contribution in [0, 0.1) is 0 Å². The maximum atomic E-state index is 12.3. The number of hydrogen-bond acceptors (Lipinski definition) is 6. The van der Waals surface area contributed by atoms with Gasteiger partial charge in [-0.05, 0) is 36.4 Å². The lowest BCUT2D eigenvalue weighted by Gasteiger charge is -2.09. The first-order valence-corrected chi connectivity index (χ1v) is 9.05. The summed E-state index contributed by atoms with van der Waals surface area (Å²) in [5, 5.41) is 10.7. The molecule has 4 rings (SSSR count). The van der Waals surface area contributed by atoms with E-state index in [9.17, 15) is 4.79 Å². The van der Waals surface area contributed by atoms with E-state index in [1.54, 1.807) is 31.5 Å². The fourth-order valence-corrected chi connectivity index (χ4v) is 3.03. The molecule has 0 atom stereocenters. The number of methoxy groups -OCH3 is 1. The molecule has 0 saturated heterocycles. The maximum Gasteiger partial charge on any atom is 0.264 e. The summed E-state index contributed by atoms with van der Waals surface area (Å²) in [6.45, 7) is -0.230.